The number of ether oxygens (including phenoxy) is 1. The summed E-state index contributed by atoms with van der Waals surface area (Å²) in [4.78, 5) is 12.2. The van der Waals surface area contributed by atoms with Crippen LogP contribution in [0.15, 0.2) is 50.4 Å². The lowest BCUT2D eigenvalue weighted by atomic mass is 10.3. The van der Waals surface area contributed by atoms with Crippen LogP contribution in [0.5, 0.6) is 0 Å². The fourth-order valence-electron chi connectivity index (χ4n) is 2.82. The molecule has 0 aliphatic carbocycles. The smallest absolute Gasteiger partial charge is 0.291 e. The lowest BCUT2D eigenvalue weighted by Gasteiger charge is -2.34. The van der Waals surface area contributed by atoms with E-state index in [0.717, 1.165) is 0 Å². The van der Waals surface area contributed by atoms with E-state index in [4.69, 9.17) is 9.15 Å². The Labute approximate surface area is 160 Å². The first-order chi connectivity index (χ1) is 12.3. The lowest BCUT2D eigenvalue weighted by Crippen LogP contribution is -2.48. The Kier molecular flexibility index (Phi) is 5.52. The summed E-state index contributed by atoms with van der Waals surface area (Å²) in [7, 11) is -3.61. The standard InChI is InChI=1S/C17H19BrN2O5S/c1-11-9-20(10-12(2)24-11)26(22,23)14-5-3-13(4-6-14)19-17(21)15-7-8-16(18)25-15/h3-8,11-12H,9-10H2,1-2H3,(H,19,21)/t11-,12-/m1/s1. The van der Waals surface area contributed by atoms with Crippen molar-refractivity contribution in [2.45, 2.75) is 31.0 Å². The van der Waals surface area contributed by atoms with Gasteiger partial charge in [0, 0.05) is 18.8 Å². The average Bonchev–Trinajstić information content (AvgIpc) is 3.01. The van der Waals surface area contributed by atoms with Crippen LogP contribution in [0.2, 0.25) is 0 Å². The second-order valence-electron chi connectivity index (χ2n) is 6.16. The van der Waals surface area contributed by atoms with Crippen LogP contribution in [-0.2, 0) is 14.8 Å². The van der Waals surface area contributed by atoms with E-state index in [2.05, 4.69) is 21.2 Å². The molecule has 1 fully saturated rings. The first-order valence-corrected chi connectivity index (χ1v) is 10.3. The molecule has 2 atom stereocenters. The van der Waals surface area contributed by atoms with Gasteiger partial charge in [-0.3, -0.25) is 4.79 Å². The van der Waals surface area contributed by atoms with Gasteiger partial charge in [0.05, 0.1) is 17.1 Å². The number of benzene rings is 1. The topological polar surface area (TPSA) is 88.9 Å². The highest BCUT2D eigenvalue weighted by Gasteiger charge is 2.32. The number of anilines is 1. The molecule has 1 aliphatic rings. The molecule has 0 bridgehead atoms. The summed E-state index contributed by atoms with van der Waals surface area (Å²) in [6.07, 6.45) is -0.306. The minimum absolute atomic E-state index is 0.153. The average molecular weight is 443 g/mol. The van der Waals surface area contributed by atoms with Crippen LogP contribution in [0.3, 0.4) is 0 Å². The third kappa shape index (κ3) is 4.17. The van der Waals surface area contributed by atoms with Crippen LogP contribution in [0.4, 0.5) is 5.69 Å². The Balaban J connectivity index is 1.73. The number of halogens is 1. The number of nitrogens with one attached hydrogen (secondary N) is 1. The normalized spacial score (nSPS) is 21.5. The number of nitrogens with zero attached hydrogens (tertiary/aromatic N) is 1. The number of carbonyl (C=O) groups is 1. The monoisotopic (exact) mass is 442 g/mol. The highest BCUT2D eigenvalue weighted by atomic mass is 79.9. The van der Waals surface area contributed by atoms with Gasteiger partial charge >= 0.3 is 0 Å². The summed E-state index contributed by atoms with van der Waals surface area (Å²) < 4.78 is 38.3. The van der Waals surface area contributed by atoms with E-state index in [9.17, 15) is 13.2 Å². The van der Waals surface area contributed by atoms with E-state index in [0.29, 0.717) is 23.4 Å². The number of sulfonamides is 1. The lowest BCUT2D eigenvalue weighted by molar-refractivity contribution is -0.0440. The van der Waals surface area contributed by atoms with Gasteiger partial charge < -0.3 is 14.5 Å². The van der Waals surface area contributed by atoms with Gasteiger partial charge in [0.2, 0.25) is 10.0 Å². The molecule has 0 radical (unpaired) electrons. The molecular formula is C17H19BrN2O5S. The van der Waals surface area contributed by atoms with Crippen LogP contribution in [0.25, 0.3) is 0 Å². The molecule has 1 saturated heterocycles. The Hall–Kier alpha value is -1.68. The number of morpholine rings is 1. The second-order valence-corrected chi connectivity index (χ2v) is 8.88. The summed E-state index contributed by atoms with van der Waals surface area (Å²) >= 11 is 3.14. The Morgan fingerprint density at radius 1 is 1.12 bits per heavy atom. The maximum absolute atomic E-state index is 12.8. The molecule has 1 amide bonds. The second kappa shape index (κ2) is 7.51. The van der Waals surface area contributed by atoms with Crippen molar-refractivity contribution in [1.29, 1.82) is 0 Å². The maximum atomic E-state index is 12.8. The zero-order chi connectivity index (χ0) is 18.9. The SMILES string of the molecule is C[C@@H]1CN(S(=O)(=O)c2ccc(NC(=O)c3ccc(Br)o3)cc2)C[C@@H](C)O1. The number of furan rings is 1. The van der Waals surface area contributed by atoms with E-state index in [1.54, 1.807) is 24.3 Å². The molecule has 2 aromatic rings. The molecule has 7 nitrogen and oxygen atoms in total. The van der Waals surface area contributed by atoms with E-state index in [-0.39, 0.29) is 22.9 Å². The van der Waals surface area contributed by atoms with Crippen LogP contribution in [0.1, 0.15) is 24.4 Å². The minimum Gasteiger partial charge on any atom is -0.444 e. The van der Waals surface area contributed by atoms with E-state index >= 15 is 0 Å². The molecular weight excluding hydrogens is 424 g/mol. The highest BCUT2D eigenvalue weighted by Crippen LogP contribution is 2.23. The molecule has 9 heteroatoms. The van der Waals surface area contributed by atoms with Crippen molar-refractivity contribution in [3.05, 3.63) is 46.8 Å². The Morgan fingerprint density at radius 3 is 2.27 bits per heavy atom. The summed E-state index contributed by atoms with van der Waals surface area (Å²) in [6.45, 7) is 4.34. The first-order valence-electron chi connectivity index (χ1n) is 8.08. The number of hydrogen-bond acceptors (Lipinski definition) is 5. The fraction of sp³-hybridized carbons (Fsp3) is 0.353. The van der Waals surface area contributed by atoms with Crippen LogP contribution in [0, 0.1) is 0 Å². The third-order valence-corrected chi connectivity index (χ3v) is 6.21. The highest BCUT2D eigenvalue weighted by molar-refractivity contribution is 9.10. The number of rotatable bonds is 4. The van der Waals surface area contributed by atoms with Gasteiger partial charge in [-0.25, -0.2) is 8.42 Å². The van der Waals surface area contributed by atoms with Crippen molar-refractivity contribution in [3.8, 4) is 0 Å². The van der Waals surface area contributed by atoms with Crippen LogP contribution < -0.4 is 5.32 Å². The van der Waals surface area contributed by atoms with E-state index < -0.39 is 15.9 Å². The molecule has 1 aromatic heterocycles. The Bertz CT molecular complexity index is 884. The van der Waals surface area contributed by atoms with Crippen molar-refractivity contribution in [2.24, 2.45) is 0 Å². The molecule has 0 spiro atoms. The van der Waals surface area contributed by atoms with Crippen LogP contribution >= 0.6 is 15.9 Å². The van der Waals surface area contributed by atoms with Gasteiger partial charge in [-0.15, -0.1) is 0 Å². The Morgan fingerprint density at radius 2 is 1.73 bits per heavy atom. The molecule has 140 valence electrons. The maximum Gasteiger partial charge on any atom is 0.291 e. The zero-order valence-corrected chi connectivity index (χ0v) is 16.7. The molecule has 0 unspecified atom stereocenters. The van der Waals surface area contributed by atoms with Gasteiger partial charge in [0.25, 0.3) is 5.91 Å². The van der Waals surface area contributed by atoms with E-state index in [1.807, 2.05) is 13.8 Å². The van der Waals surface area contributed by atoms with Crippen LogP contribution in [-0.4, -0.2) is 43.9 Å². The molecule has 0 saturated carbocycles. The van der Waals surface area contributed by atoms with Crippen molar-refractivity contribution in [1.82, 2.24) is 4.31 Å². The molecule has 1 N–H and O–H groups in total. The molecule has 1 aliphatic heterocycles. The first kappa shape index (κ1) is 19.1. The fourth-order valence-corrected chi connectivity index (χ4v) is 4.71. The van der Waals surface area contributed by atoms with Gasteiger partial charge in [0.15, 0.2) is 10.4 Å². The molecule has 26 heavy (non-hydrogen) atoms. The number of amides is 1. The molecule has 3 rings (SSSR count). The predicted octanol–water partition coefficient (Wildman–Crippen LogP) is 3.09. The molecule has 2 heterocycles. The van der Waals surface area contributed by atoms with Gasteiger partial charge in [-0.2, -0.15) is 4.31 Å². The third-order valence-electron chi connectivity index (χ3n) is 3.93. The largest absolute Gasteiger partial charge is 0.444 e. The minimum atomic E-state index is -3.61. The summed E-state index contributed by atoms with van der Waals surface area (Å²) in [5, 5.41) is 2.66. The van der Waals surface area contributed by atoms with Crippen molar-refractivity contribution >= 4 is 37.5 Å². The molecule has 1 aromatic carbocycles. The quantitative estimate of drug-likeness (QED) is 0.785. The van der Waals surface area contributed by atoms with E-state index in [1.165, 1.54) is 16.4 Å². The summed E-state index contributed by atoms with van der Waals surface area (Å²) in [5.74, 6) is -0.257. The zero-order valence-electron chi connectivity index (χ0n) is 14.3. The van der Waals surface area contributed by atoms with Gasteiger partial charge in [0.1, 0.15) is 0 Å². The van der Waals surface area contributed by atoms with Gasteiger partial charge in [-0.05, 0) is 66.2 Å². The number of hydrogen-bond donors (Lipinski definition) is 1. The predicted molar refractivity (Wildman–Crippen MR) is 99.6 cm³/mol. The van der Waals surface area contributed by atoms with Crippen molar-refractivity contribution in [3.63, 3.8) is 0 Å². The number of carbonyl (C=O) groups excluding carboxylic acids is 1. The summed E-state index contributed by atoms with van der Waals surface area (Å²) in [6, 6.07) is 9.22. The van der Waals surface area contributed by atoms with Crippen molar-refractivity contribution < 1.29 is 22.4 Å². The summed E-state index contributed by atoms with van der Waals surface area (Å²) in [5.41, 5.74) is 0.477. The van der Waals surface area contributed by atoms with Crippen molar-refractivity contribution in [2.75, 3.05) is 18.4 Å². The van der Waals surface area contributed by atoms with Gasteiger partial charge in [-0.1, -0.05) is 0 Å².